The summed E-state index contributed by atoms with van der Waals surface area (Å²) in [6.07, 6.45) is 6.19. The van der Waals surface area contributed by atoms with E-state index in [-0.39, 0.29) is 11.9 Å². The van der Waals surface area contributed by atoms with Crippen LogP contribution in [0.1, 0.15) is 42.3 Å². The van der Waals surface area contributed by atoms with Crippen LogP contribution in [0.2, 0.25) is 0 Å². The maximum atomic E-state index is 12.3. The van der Waals surface area contributed by atoms with Crippen LogP contribution in [0.5, 0.6) is 0 Å². The van der Waals surface area contributed by atoms with Gasteiger partial charge in [-0.25, -0.2) is 0 Å². The maximum absolute atomic E-state index is 12.3. The van der Waals surface area contributed by atoms with Crippen molar-refractivity contribution in [3.63, 3.8) is 0 Å². The molecule has 5 nitrogen and oxygen atoms in total. The number of hydrogen-bond acceptors (Lipinski definition) is 4. The van der Waals surface area contributed by atoms with E-state index in [4.69, 9.17) is 0 Å². The SMILES string of the molecule is C[C@H](NC(=O)CN1CCC[C@@H]1c1cnn(C)c1)c1cccs1. The second-order valence-corrected chi connectivity index (χ2v) is 6.86. The van der Waals surface area contributed by atoms with Crippen LogP contribution in [0.25, 0.3) is 0 Å². The third-order valence-corrected chi connectivity index (χ3v) is 5.22. The number of aromatic nitrogens is 2. The number of rotatable bonds is 5. The monoisotopic (exact) mass is 318 g/mol. The van der Waals surface area contributed by atoms with Gasteiger partial charge >= 0.3 is 0 Å². The number of carbonyl (C=O) groups excluding carboxylic acids is 1. The summed E-state index contributed by atoms with van der Waals surface area (Å²) in [5, 5.41) is 9.38. The fourth-order valence-electron chi connectivity index (χ4n) is 3.09. The molecule has 0 spiro atoms. The van der Waals surface area contributed by atoms with Crippen molar-refractivity contribution < 1.29 is 4.79 Å². The van der Waals surface area contributed by atoms with Gasteiger partial charge in [-0.3, -0.25) is 14.4 Å². The van der Waals surface area contributed by atoms with Crippen molar-refractivity contribution in [3.8, 4) is 0 Å². The molecule has 2 aromatic heterocycles. The number of aryl methyl sites for hydroxylation is 1. The number of hydrogen-bond donors (Lipinski definition) is 1. The van der Waals surface area contributed by atoms with Crippen molar-refractivity contribution in [1.82, 2.24) is 20.0 Å². The van der Waals surface area contributed by atoms with Gasteiger partial charge in [-0.15, -0.1) is 11.3 Å². The first-order chi connectivity index (χ1) is 10.6. The molecular weight excluding hydrogens is 296 g/mol. The van der Waals surface area contributed by atoms with Crippen LogP contribution in [-0.2, 0) is 11.8 Å². The number of nitrogens with zero attached hydrogens (tertiary/aromatic N) is 3. The van der Waals surface area contributed by atoms with Gasteiger partial charge < -0.3 is 5.32 Å². The second kappa shape index (κ2) is 6.62. The van der Waals surface area contributed by atoms with Crippen LogP contribution in [0, 0.1) is 0 Å². The van der Waals surface area contributed by atoms with Crippen LogP contribution in [0.15, 0.2) is 29.9 Å². The molecule has 2 aromatic rings. The van der Waals surface area contributed by atoms with Crippen molar-refractivity contribution in [2.24, 2.45) is 7.05 Å². The summed E-state index contributed by atoms with van der Waals surface area (Å²) in [5.41, 5.74) is 1.21. The van der Waals surface area contributed by atoms with Gasteiger partial charge in [-0.2, -0.15) is 5.10 Å². The topological polar surface area (TPSA) is 50.2 Å². The molecule has 118 valence electrons. The molecular formula is C16H22N4OS. The average molecular weight is 318 g/mol. The van der Waals surface area contributed by atoms with Gasteiger partial charge in [-0.05, 0) is 37.8 Å². The van der Waals surface area contributed by atoms with E-state index in [0.717, 1.165) is 19.4 Å². The highest BCUT2D eigenvalue weighted by atomic mass is 32.1. The molecule has 0 aliphatic carbocycles. The van der Waals surface area contributed by atoms with Gasteiger partial charge in [0.25, 0.3) is 0 Å². The lowest BCUT2D eigenvalue weighted by atomic mass is 10.1. The lowest BCUT2D eigenvalue weighted by molar-refractivity contribution is -0.123. The quantitative estimate of drug-likeness (QED) is 0.921. The lowest BCUT2D eigenvalue weighted by Crippen LogP contribution is -2.37. The summed E-state index contributed by atoms with van der Waals surface area (Å²) in [7, 11) is 1.93. The van der Waals surface area contributed by atoms with Crippen LogP contribution in [0.3, 0.4) is 0 Å². The summed E-state index contributed by atoms with van der Waals surface area (Å²) in [6, 6.07) is 4.47. The smallest absolute Gasteiger partial charge is 0.234 e. The molecule has 0 radical (unpaired) electrons. The predicted molar refractivity (Wildman–Crippen MR) is 87.6 cm³/mol. The molecule has 1 fully saturated rings. The summed E-state index contributed by atoms with van der Waals surface area (Å²) in [6.45, 7) is 3.46. The molecule has 1 amide bonds. The van der Waals surface area contributed by atoms with E-state index in [0.29, 0.717) is 12.6 Å². The molecule has 0 aromatic carbocycles. The largest absolute Gasteiger partial charge is 0.348 e. The predicted octanol–water partition coefficient (Wildman–Crippen LogP) is 2.50. The Morgan fingerprint density at radius 1 is 1.59 bits per heavy atom. The summed E-state index contributed by atoms with van der Waals surface area (Å²) in [5.74, 6) is 0.0942. The minimum Gasteiger partial charge on any atom is -0.348 e. The van der Waals surface area contributed by atoms with Crippen LogP contribution >= 0.6 is 11.3 Å². The Balaban J connectivity index is 1.58. The van der Waals surface area contributed by atoms with E-state index in [2.05, 4.69) is 27.6 Å². The molecule has 22 heavy (non-hydrogen) atoms. The third-order valence-electron chi connectivity index (χ3n) is 4.17. The lowest BCUT2D eigenvalue weighted by Gasteiger charge is -2.23. The Bertz CT molecular complexity index is 622. The van der Waals surface area contributed by atoms with Crippen molar-refractivity contribution >= 4 is 17.2 Å². The van der Waals surface area contributed by atoms with Gasteiger partial charge in [-0.1, -0.05) is 6.07 Å². The standard InChI is InChI=1S/C16H22N4OS/c1-12(15-6-4-8-22-15)18-16(21)11-20-7-3-5-14(20)13-9-17-19(2)10-13/h4,6,8-10,12,14H,3,5,7,11H2,1-2H3,(H,18,21)/t12-,14+/m0/s1. The first-order valence-electron chi connectivity index (χ1n) is 7.69. The van der Waals surface area contributed by atoms with E-state index < -0.39 is 0 Å². The van der Waals surface area contributed by atoms with E-state index in [1.807, 2.05) is 36.3 Å². The number of nitrogens with one attached hydrogen (secondary N) is 1. The second-order valence-electron chi connectivity index (χ2n) is 5.88. The van der Waals surface area contributed by atoms with Crippen molar-refractivity contribution in [1.29, 1.82) is 0 Å². The summed E-state index contributed by atoms with van der Waals surface area (Å²) < 4.78 is 1.82. The molecule has 3 rings (SSSR count). The molecule has 0 bridgehead atoms. The van der Waals surface area contributed by atoms with Crippen molar-refractivity contribution in [2.75, 3.05) is 13.1 Å². The normalized spacial score (nSPS) is 20.2. The van der Waals surface area contributed by atoms with Gasteiger partial charge in [0.15, 0.2) is 0 Å². The highest BCUT2D eigenvalue weighted by Gasteiger charge is 2.28. The zero-order valence-corrected chi connectivity index (χ0v) is 13.8. The van der Waals surface area contributed by atoms with Crippen LogP contribution in [-0.4, -0.2) is 33.7 Å². The van der Waals surface area contributed by atoms with E-state index in [9.17, 15) is 4.79 Å². The van der Waals surface area contributed by atoms with E-state index in [1.54, 1.807) is 11.3 Å². The summed E-state index contributed by atoms with van der Waals surface area (Å²) >= 11 is 1.68. The van der Waals surface area contributed by atoms with Crippen LogP contribution < -0.4 is 5.32 Å². The number of thiophene rings is 1. The molecule has 0 unspecified atom stereocenters. The minimum absolute atomic E-state index is 0.0759. The fourth-order valence-corrected chi connectivity index (χ4v) is 3.82. The average Bonchev–Trinajstić information content (AvgIpc) is 3.18. The molecule has 1 saturated heterocycles. The Hall–Kier alpha value is -1.66. The first-order valence-corrected chi connectivity index (χ1v) is 8.57. The first kappa shape index (κ1) is 15.2. The van der Waals surface area contributed by atoms with Crippen LogP contribution in [0.4, 0.5) is 0 Å². The fraction of sp³-hybridized carbons (Fsp3) is 0.500. The van der Waals surface area contributed by atoms with Crippen molar-refractivity contribution in [2.45, 2.75) is 31.8 Å². The minimum atomic E-state index is 0.0759. The van der Waals surface area contributed by atoms with Gasteiger partial charge in [0, 0.05) is 29.7 Å². The molecule has 0 saturated carbocycles. The molecule has 1 aliphatic rings. The van der Waals surface area contributed by atoms with E-state index >= 15 is 0 Å². The Morgan fingerprint density at radius 2 is 2.45 bits per heavy atom. The van der Waals surface area contributed by atoms with Crippen molar-refractivity contribution in [3.05, 3.63) is 40.3 Å². The number of amides is 1. The zero-order chi connectivity index (χ0) is 15.5. The highest BCUT2D eigenvalue weighted by Crippen LogP contribution is 2.31. The van der Waals surface area contributed by atoms with E-state index in [1.165, 1.54) is 10.4 Å². The molecule has 2 atom stereocenters. The van der Waals surface area contributed by atoms with Gasteiger partial charge in [0.1, 0.15) is 0 Å². The Labute approximate surface area is 134 Å². The molecule has 1 N–H and O–H groups in total. The highest BCUT2D eigenvalue weighted by molar-refractivity contribution is 7.10. The summed E-state index contributed by atoms with van der Waals surface area (Å²) in [4.78, 5) is 15.8. The maximum Gasteiger partial charge on any atom is 0.234 e. The molecule has 1 aliphatic heterocycles. The zero-order valence-electron chi connectivity index (χ0n) is 13.0. The Morgan fingerprint density at radius 3 is 3.14 bits per heavy atom. The number of carbonyl (C=O) groups is 1. The molecule has 3 heterocycles. The third kappa shape index (κ3) is 3.39. The molecule has 6 heteroatoms. The van der Waals surface area contributed by atoms with Gasteiger partial charge in [0.05, 0.1) is 18.8 Å². The number of likely N-dealkylation sites (tertiary alicyclic amines) is 1. The van der Waals surface area contributed by atoms with Gasteiger partial charge in [0.2, 0.25) is 5.91 Å². The Kier molecular flexibility index (Phi) is 4.59.